The maximum absolute atomic E-state index is 12.4. The zero-order valence-corrected chi connectivity index (χ0v) is 13.7. The smallest absolute Gasteiger partial charge is 0.381 e. The van der Waals surface area contributed by atoms with E-state index in [0.29, 0.717) is 18.8 Å². The van der Waals surface area contributed by atoms with Crippen LogP contribution in [0.15, 0.2) is 23.5 Å². The van der Waals surface area contributed by atoms with Crippen molar-refractivity contribution in [2.75, 3.05) is 0 Å². The SMILES string of the molecule is CC(C)=CCC[C@H](C)[C@]12CC=C(OS(=O)(=O)C(F)(F)F)[C@H]1C2. The summed E-state index contributed by atoms with van der Waals surface area (Å²) in [5.41, 5.74) is -4.24. The van der Waals surface area contributed by atoms with Crippen molar-refractivity contribution >= 4 is 10.1 Å². The zero-order valence-electron chi connectivity index (χ0n) is 12.9. The minimum absolute atomic E-state index is 0.0219. The predicted octanol–water partition coefficient (Wildman–Crippen LogP) is 4.53. The Labute approximate surface area is 129 Å². The van der Waals surface area contributed by atoms with Crippen molar-refractivity contribution in [2.45, 2.75) is 52.0 Å². The molecule has 126 valence electrons. The molecule has 0 N–H and O–H groups in total. The van der Waals surface area contributed by atoms with Crippen LogP contribution in [-0.4, -0.2) is 13.9 Å². The molecule has 1 fully saturated rings. The summed E-state index contributed by atoms with van der Waals surface area (Å²) in [4.78, 5) is 0. The van der Waals surface area contributed by atoms with Crippen LogP contribution in [0.4, 0.5) is 13.2 Å². The highest BCUT2D eigenvalue weighted by Crippen LogP contribution is 2.68. The third-order valence-electron chi connectivity index (χ3n) is 4.77. The molecule has 0 unspecified atom stereocenters. The lowest BCUT2D eigenvalue weighted by Gasteiger charge is -2.20. The van der Waals surface area contributed by atoms with Crippen molar-refractivity contribution in [1.82, 2.24) is 0 Å². The highest BCUT2D eigenvalue weighted by Gasteiger charge is 2.63. The van der Waals surface area contributed by atoms with Gasteiger partial charge in [-0.2, -0.15) is 21.6 Å². The summed E-state index contributed by atoms with van der Waals surface area (Å²) in [7, 11) is -5.55. The largest absolute Gasteiger partial charge is 0.534 e. The monoisotopic (exact) mass is 338 g/mol. The molecule has 0 aliphatic heterocycles. The van der Waals surface area contributed by atoms with Gasteiger partial charge in [0.05, 0.1) is 0 Å². The Hall–Kier alpha value is -0.980. The molecule has 0 aromatic heterocycles. The molecule has 0 saturated heterocycles. The number of allylic oxidation sites excluding steroid dienone is 4. The number of rotatable bonds is 6. The van der Waals surface area contributed by atoms with Gasteiger partial charge in [0.15, 0.2) is 0 Å². The number of alkyl halides is 3. The van der Waals surface area contributed by atoms with Crippen LogP contribution in [0.3, 0.4) is 0 Å². The fourth-order valence-electron chi connectivity index (χ4n) is 3.28. The highest BCUT2D eigenvalue weighted by molar-refractivity contribution is 7.87. The van der Waals surface area contributed by atoms with Crippen molar-refractivity contribution in [3.8, 4) is 0 Å². The van der Waals surface area contributed by atoms with Crippen LogP contribution in [-0.2, 0) is 14.3 Å². The van der Waals surface area contributed by atoms with Gasteiger partial charge in [0.2, 0.25) is 0 Å². The van der Waals surface area contributed by atoms with Crippen LogP contribution in [0.1, 0.15) is 46.5 Å². The Bertz CT molecular complexity index is 600. The summed E-state index contributed by atoms with van der Waals surface area (Å²) in [5, 5.41) is 0. The maximum Gasteiger partial charge on any atom is 0.534 e. The standard InChI is InChI=1S/C15H21F3O3S/c1-10(2)5-4-6-11(3)14-8-7-13(12(14)9-14)21-22(19,20)15(16,17)18/h5,7,11-12H,4,6,8-9H2,1-3H3/t11-,12+,14+/m0/s1. The Balaban J connectivity index is 1.96. The van der Waals surface area contributed by atoms with Gasteiger partial charge in [-0.3, -0.25) is 0 Å². The van der Waals surface area contributed by atoms with Crippen molar-refractivity contribution in [1.29, 1.82) is 0 Å². The molecule has 22 heavy (non-hydrogen) atoms. The van der Waals surface area contributed by atoms with Crippen molar-refractivity contribution in [3.63, 3.8) is 0 Å². The van der Waals surface area contributed by atoms with Gasteiger partial charge in [0.1, 0.15) is 5.76 Å². The van der Waals surface area contributed by atoms with Crippen LogP contribution >= 0.6 is 0 Å². The highest BCUT2D eigenvalue weighted by atomic mass is 32.2. The molecule has 3 nitrogen and oxygen atoms in total. The van der Waals surface area contributed by atoms with E-state index in [2.05, 4.69) is 17.2 Å². The van der Waals surface area contributed by atoms with Crippen LogP contribution in [0.2, 0.25) is 0 Å². The third kappa shape index (κ3) is 3.19. The summed E-state index contributed by atoms with van der Waals surface area (Å²) < 4.78 is 63.7. The molecular weight excluding hydrogens is 317 g/mol. The average molecular weight is 338 g/mol. The quantitative estimate of drug-likeness (QED) is 0.406. The molecule has 0 heterocycles. The van der Waals surface area contributed by atoms with E-state index in [4.69, 9.17) is 0 Å². The first-order chi connectivity index (χ1) is 9.99. The topological polar surface area (TPSA) is 43.4 Å². The molecule has 0 radical (unpaired) electrons. The Morgan fingerprint density at radius 1 is 1.50 bits per heavy atom. The normalized spacial score (nSPS) is 28.6. The molecular formula is C15H21F3O3S. The molecule has 7 heteroatoms. The Morgan fingerprint density at radius 3 is 2.64 bits per heavy atom. The van der Waals surface area contributed by atoms with E-state index in [1.807, 2.05) is 13.8 Å². The van der Waals surface area contributed by atoms with E-state index >= 15 is 0 Å². The number of hydrogen-bond donors (Lipinski definition) is 0. The van der Waals surface area contributed by atoms with Crippen LogP contribution in [0, 0.1) is 17.3 Å². The summed E-state index contributed by atoms with van der Waals surface area (Å²) in [6.45, 7) is 6.12. The van der Waals surface area contributed by atoms with Crippen LogP contribution in [0.5, 0.6) is 0 Å². The number of hydrogen-bond acceptors (Lipinski definition) is 3. The molecule has 0 aromatic carbocycles. The van der Waals surface area contributed by atoms with E-state index in [9.17, 15) is 21.6 Å². The first kappa shape index (κ1) is 17.4. The predicted molar refractivity (Wildman–Crippen MR) is 77.1 cm³/mol. The van der Waals surface area contributed by atoms with E-state index in [0.717, 1.165) is 12.8 Å². The minimum atomic E-state index is -5.55. The number of fused-ring (bicyclic) bond motifs is 1. The molecule has 0 spiro atoms. The summed E-state index contributed by atoms with van der Waals surface area (Å²) >= 11 is 0. The molecule has 0 bridgehead atoms. The molecule has 2 aliphatic carbocycles. The van der Waals surface area contributed by atoms with Gasteiger partial charge in [-0.05, 0) is 56.9 Å². The third-order valence-corrected chi connectivity index (χ3v) is 5.75. The second-order valence-electron chi connectivity index (χ2n) is 6.54. The minimum Gasteiger partial charge on any atom is -0.381 e. The van der Waals surface area contributed by atoms with Gasteiger partial charge in [0, 0.05) is 5.92 Å². The maximum atomic E-state index is 12.4. The molecule has 2 rings (SSSR count). The molecule has 3 atom stereocenters. The second kappa shape index (κ2) is 5.58. The fourth-order valence-corrected chi connectivity index (χ4v) is 3.82. The first-order valence-corrected chi connectivity index (χ1v) is 8.74. The average Bonchev–Trinajstić information content (AvgIpc) is 3.00. The summed E-state index contributed by atoms with van der Waals surface area (Å²) in [5.74, 6) is 0.108. The van der Waals surface area contributed by atoms with Gasteiger partial charge >= 0.3 is 15.6 Å². The van der Waals surface area contributed by atoms with Crippen molar-refractivity contribution in [2.24, 2.45) is 17.3 Å². The van der Waals surface area contributed by atoms with Gasteiger partial charge in [-0.15, -0.1) is 0 Å². The van der Waals surface area contributed by atoms with E-state index in [1.54, 1.807) is 0 Å². The lowest BCUT2D eigenvalue weighted by atomic mass is 9.84. The van der Waals surface area contributed by atoms with Crippen LogP contribution in [0.25, 0.3) is 0 Å². The lowest BCUT2D eigenvalue weighted by molar-refractivity contribution is -0.0524. The Morgan fingerprint density at radius 2 is 2.14 bits per heavy atom. The molecule has 0 amide bonds. The zero-order chi connectivity index (χ0) is 16.8. The van der Waals surface area contributed by atoms with Gasteiger partial charge < -0.3 is 4.18 Å². The molecule has 2 aliphatic rings. The molecule has 1 saturated carbocycles. The van der Waals surface area contributed by atoms with Crippen molar-refractivity contribution < 1.29 is 25.8 Å². The Kier molecular flexibility index (Phi) is 4.41. The van der Waals surface area contributed by atoms with E-state index in [-0.39, 0.29) is 17.1 Å². The van der Waals surface area contributed by atoms with E-state index < -0.39 is 15.6 Å². The van der Waals surface area contributed by atoms with E-state index in [1.165, 1.54) is 11.6 Å². The first-order valence-electron chi connectivity index (χ1n) is 7.34. The second-order valence-corrected chi connectivity index (χ2v) is 8.08. The van der Waals surface area contributed by atoms with Gasteiger partial charge in [0.25, 0.3) is 0 Å². The fraction of sp³-hybridized carbons (Fsp3) is 0.733. The molecule has 0 aromatic rings. The van der Waals surface area contributed by atoms with Crippen LogP contribution < -0.4 is 0 Å². The van der Waals surface area contributed by atoms with Crippen molar-refractivity contribution in [3.05, 3.63) is 23.5 Å². The van der Waals surface area contributed by atoms with Gasteiger partial charge in [-0.1, -0.05) is 18.6 Å². The summed E-state index contributed by atoms with van der Waals surface area (Å²) in [6, 6.07) is 0. The lowest BCUT2D eigenvalue weighted by Crippen LogP contribution is -2.25. The van der Waals surface area contributed by atoms with Gasteiger partial charge in [-0.25, -0.2) is 0 Å². The summed E-state index contributed by atoms with van der Waals surface area (Å²) in [6.07, 6.45) is 6.82. The number of halogens is 3.